The summed E-state index contributed by atoms with van der Waals surface area (Å²) in [6.45, 7) is 5.53. The number of nitrogens with one attached hydrogen (secondary N) is 1. The van der Waals surface area contributed by atoms with Crippen LogP contribution >= 0.6 is 23.2 Å². The molecule has 0 aromatic heterocycles. The largest absolute Gasteiger partial charge is 0.481 e. The van der Waals surface area contributed by atoms with Gasteiger partial charge in [0.15, 0.2) is 0 Å². The number of hydrogen-bond acceptors (Lipinski definition) is 3. The van der Waals surface area contributed by atoms with Crippen molar-refractivity contribution >= 4 is 35.1 Å². The fraction of sp³-hybridized carbons (Fsp3) is 0.440. The molecule has 1 aliphatic heterocycles. The van der Waals surface area contributed by atoms with Crippen molar-refractivity contribution in [1.82, 2.24) is 10.2 Å². The highest BCUT2D eigenvalue weighted by Crippen LogP contribution is 2.47. The van der Waals surface area contributed by atoms with Crippen molar-refractivity contribution in [3.8, 4) is 0 Å². The molecule has 172 valence electrons. The third-order valence-corrected chi connectivity index (χ3v) is 6.71. The smallest absolute Gasteiger partial charge is 0.304 e. The average molecular weight is 477 g/mol. The minimum absolute atomic E-state index is 0.0681. The van der Waals surface area contributed by atoms with Gasteiger partial charge >= 0.3 is 5.97 Å². The zero-order valence-electron chi connectivity index (χ0n) is 18.4. The van der Waals surface area contributed by atoms with Crippen LogP contribution in [0.25, 0.3) is 0 Å². The minimum atomic E-state index is -0.960. The molecule has 0 bridgehead atoms. The highest BCUT2D eigenvalue weighted by atomic mass is 35.5. The quantitative estimate of drug-likeness (QED) is 0.498. The van der Waals surface area contributed by atoms with Crippen molar-refractivity contribution in [3.05, 3.63) is 69.7 Å². The zero-order chi connectivity index (χ0) is 23.3. The van der Waals surface area contributed by atoms with Crippen LogP contribution in [0, 0.1) is 5.92 Å². The number of likely N-dealkylation sites (N-methyl/N-ethyl adjacent to an activating group) is 1. The molecule has 7 heteroatoms. The highest BCUT2D eigenvalue weighted by molar-refractivity contribution is 6.30. The fourth-order valence-corrected chi connectivity index (χ4v) is 5.05. The molecular weight excluding hydrogens is 447 g/mol. The Bertz CT molecular complexity index is 935. The molecule has 1 heterocycles. The molecule has 0 radical (unpaired) electrons. The van der Waals surface area contributed by atoms with Crippen LogP contribution in [0.2, 0.25) is 10.0 Å². The van der Waals surface area contributed by atoms with Crippen LogP contribution in [0.4, 0.5) is 0 Å². The number of halogens is 2. The Morgan fingerprint density at radius 3 is 2.44 bits per heavy atom. The first-order valence-corrected chi connectivity index (χ1v) is 11.9. The van der Waals surface area contributed by atoms with E-state index in [1.54, 1.807) is 0 Å². The van der Waals surface area contributed by atoms with Crippen molar-refractivity contribution in [3.63, 3.8) is 0 Å². The summed E-state index contributed by atoms with van der Waals surface area (Å²) in [5, 5.41) is 14.1. The molecule has 0 unspecified atom stereocenters. The lowest BCUT2D eigenvalue weighted by atomic mass is 9.74. The molecular formula is C25H30Cl2N2O3. The van der Waals surface area contributed by atoms with E-state index in [2.05, 4.69) is 12.2 Å². The normalized spacial score (nSPS) is 22.1. The Balaban J connectivity index is 2.15. The lowest BCUT2D eigenvalue weighted by Gasteiger charge is -2.48. The van der Waals surface area contributed by atoms with Gasteiger partial charge in [-0.05, 0) is 54.8 Å². The molecule has 5 nitrogen and oxygen atoms in total. The summed E-state index contributed by atoms with van der Waals surface area (Å²) in [6.07, 6.45) is 1.02. The number of carboxylic acids is 1. The lowest BCUT2D eigenvalue weighted by Crippen LogP contribution is -2.54. The Kier molecular flexibility index (Phi) is 8.57. The standard InChI is InChI=1S/C25H30Cl2N2O3/c1-3-21(15-28-4-2)29-24(16-8-10-19(26)11-9-16)22(17-6-5-7-20(27)12-17)13-18(25(29)32)14-23(30)31/h5-12,18,21-22,24,28H,3-4,13-15H2,1-2H3,(H,30,31)/t18-,21-,22-,24-/m1/s1. The average Bonchev–Trinajstić information content (AvgIpc) is 2.76. The third-order valence-electron chi connectivity index (χ3n) is 6.23. The van der Waals surface area contributed by atoms with Crippen LogP contribution in [0.15, 0.2) is 48.5 Å². The van der Waals surface area contributed by atoms with E-state index in [1.807, 2.05) is 60.4 Å². The maximum atomic E-state index is 13.7. The summed E-state index contributed by atoms with van der Waals surface area (Å²) in [5.41, 5.74) is 1.99. The van der Waals surface area contributed by atoms with Crippen LogP contribution in [-0.4, -0.2) is 41.0 Å². The lowest BCUT2D eigenvalue weighted by molar-refractivity contribution is -0.152. The van der Waals surface area contributed by atoms with Crippen molar-refractivity contribution in [2.45, 2.75) is 51.1 Å². The van der Waals surface area contributed by atoms with Crippen LogP contribution in [-0.2, 0) is 9.59 Å². The van der Waals surface area contributed by atoms with Gasteiger partial charge in [0.2, 0.25) is 5.91 Å². The van der Waals surface area contributed by atoms with Crippen molar-refractivity contribution < 1.29 is 14.7 Å². The summed E-state index contributed by atoms with van der Waals surface area (Å²) >= 11 is 12.5. The number of nitrogens with zero attached hydrogens (tertiary/aromatic N) is 1. The molecule has 2 N–H and O–H groups in total. The number of carbonyl (C=O) groups is 2. The van der Waals surface area contributed by atoms with E-state index in [9.17, 15) is 14.7 Å². The number of carboxylic acid groups (broad SMARTS) is 1. The molecule has 1 aliphatic rings. The van der Waals surface area contributed by atoms with Gasteiger partial charge < -0.3 is 15.3 Å². The summed E-state index contributed by atoms with van der Waals surface area (Å²) in [5.74, 6) is -1.74. The van der Waals surface area contributed by atoms with E-state index in [-0.39, 0.29) is 30.3 Å². The van der Waals surface area contributed by atoms with Gasteiger partial charge in [0.05, 0.1) is 12.5 Å². The summed E-state index contributed by atoms with van der Waals surface area (Å²) in [6, 6.07) is 14.9. The van der Waals surface area contributed by atoms with Crippen molar-refractivity contribution in [2.24, 2.45) is 5.92 Å². The maximum Gasteiger partial charge on any atom is 0.304 e. The van der Waals surface area contributed by atoms with E-state index >= 15 is 0 Å². The molecule has 2 aromatic rings. The predicted octanol–water partition coefficient (Wildman–Crippen LogP) is 5.53. The first kappa shape index (κ1) is 24.6. The Hall–Kier alpha value is -2.08. The minimum Gasteiger partial charge on any atom is -0.481 e. The van der Waals surface area contributed by atoms with Gasteiger partial charge in [-0.15, -0.1) is 0 Å². The summed E-state index contributed by atoms with van der Waals surface area (Å²) in [7, 11) is 0. The number of piperidine rings is 1. The topological polar surface area (TPSA) is 69.6 Å². The number of aliphatic carboxylic acids is 1. The van der Waals surface area contributed by atoms with E-state index in [0.717, 1.165) is 24.1 Å². The summed E-state index contributed by atoms with van der Waals surface area (Å²) in [4.78, 5) is 27.2. The Labute approximate surface area is 199 Å². The molecule has 0 aliphatic carbocycles. The number of likely N-dealkylation sites (tertiary alicyclic amines) is 1. The molecule has 3 rings (SSSR count). The molecule has 1 amide bonds. The Morgan fingerprint density at radius 2 is 1.84 bits per heavy atom. The molecule has 1 saturated heterocycles. The molecule has 0 saturated carbocycles. The predicted molar refractivity (Wildman–Crippen MR) is 128 cm³/mol. The number of hydrogen-bond donors (Lipinski definition) is 2. The molecule has 4 atom stereocenters. The molecule has 32 heavy (non-hydrogen) atoms. The van der Waals surface area contributed by atoms with Crippen LogP contribution in [0.3, 0.4) is 0 Å². The fourth-order valence-electron chi connectivity index (χ4n) is 4.73. The van der Waals surface area contributed by atoms with Gasteiger partial charge in [-0.3, -0.25) is 9.59 Å². The van der Waals surface area contributed by atoms with Gasteiger partial charge in [0.1, 0.15) is 0 Å². The van der Waals surface area contributed by atoms with Crippen LogP contribution < -0.4 is 5.32 Å². The first-order chi connectivity index (χ1) is 15.3. The van der Waals surface area contributed by atoms with Gasteiger partial charge in [-0.2, -0.15) is 0 Å². The van der Waals surface area contributed by atoms with Crippen LogP contribution in [0.1, 0.15) is 56.2 Å². The molecule has 2 aromatic carbocycles. The van der Waals surface area contributed by atoms with Gasteiger partial charge in [-0.25, -0.2) is 0 Å². The van der Waals surface area contributed by atoms with Gasteiger partial charge in [0, 0.05) is 34.5 Å². The molecule has 1 fully saturated rings. The second kappa shape index (κ2) is 11.2. The second-order valence-electron chi connectivity index (χ2n) is 8.30. The van der Waals surface area contributed by atoms with Crippen molar-refractivity contribution in [1.29, 1.82) is 0 Å². The SMILES string of the molecule is CCNC[C@@H](CC)N1C(=O)[C@@H](CC(=O)O)C[C@H](c2cccc(Cl)c2)[C@H]1c1ccc(Cl)cc1. The number of carbonyl (C=O) groups excluding carboxylic acids is 1. The highest BCUT2D eigenvalue weighted by Gasteiger charge is 2.45. The zero-order valence-corrected chi connectivity index (χ0v) is 19.9. The number of rotatable bonds is 9. The number of benzene rings is 2. The van der Waals surface area contributed by atoms with Gasteiger partial charge in [-0.1, -0.05) is 61.3 Å². The van der Waals surface area contributed by atoms with E-state index < -0.39 is 11.9 Å². The van der Waals surface area contributed by atoms with E-state index in [1.165, 1.54) is 0 Å². The first-order valence-electron chi connectivity index (χ1n) is 11.1. The van der Waals surface area contributed by atoms with Crippen molar-refractivity contribution in [2.75, 3.05) is 13.1 Å². The Morgan fingerprint density at radius 1 is 1.12 bits per heavy atom. The van der Waals surface area contributed by atoms with Crippen LogP contribution in [0.5, 0.6) is 0 Å². The van der Waals surface area contributed by atoms with E-state index in [0.29, 0.717) is 23.0 Å². The summed E-state index contributed by atoms with van der Waals surface area (Å²) < 4.78 is 0. The van der Waals surface area contributed by atoms with E-state index in [4.69, 9.17) is 23.2 Å². The second-order valence-corrected chi connectivity index (χ2v) is 9.18. The maximum absolute atomic E-state index is 13.7. The number of amides is 1. The molecule has 0 spiro atoms. The monoisotopic (exact) mass is 476 g/mol. The van der Waals surface area contributed by atoms with Gasteiger partial charge in [0.25, 0.3) is 0 Å². The third kappa shape index (κ3) is 5.64.